The van der Waals surface area contributed by atoms with Crippen molar-refractivity contribution in [3.05, 3.63) is 53.3 Å². The van der Waals surface area contributed by atoms with Gasteiger partial charge in [0.1, 0.15) is 0 Å². The lowest BCUT2D eigenvalue weighted by molar-refractivity contribution is -0.115. The molecule has 0 atom stereocenters. The van der Waals surface area contributed by atoms with Crippen LogP contribution >= 0.6 is 0 Å². The zero-order valence-electron chi connectivity index (χ0n) is 10.6. The average molecular weight is 239 g/mol. The van der Waals surface area contributed by atoms with Gasteiger partial charge in [-0.2, -0.15) is 0 Å². The minimum atomic E-state index is 0.315. The Morgan fingerprint density at radius 1 is 1.11 bits per heavy atom. The molecule has 1 heterocycles. The van der Waals surface area contributed by atoms with E-state index in [0.29, 0.717) is 12.2 Å². The van der Waals surface area contributed by atoms with Crippen molar-refractivity contribution < 1.29 is 4.79 Å². The van der Waals surface area contributed by atoms with Gasteiger partial charge in [0.2, 0.25) is 0 Å². The monoisotopic (exact) mass is 239 g/mol. The Bertz CT molecular complexity index is 554. The van der Waals surface area contributed by atoms with Crippen molar-refractivity contribution in [1.29, 1.82) is 0 Å². The molecule has 0 aromatic heterocycles. The Morgan fingerprint density at radius 2 is 1.94 bits per heavy atom. The number of carbonyl (C=O) groups is 1. The number of hydrogen-bond donors (Lipinski definition) is 0. The molecule has 3 rings (SSSR count). The summed E-state index contributed by atoms with van der Waals surface area (Å²) >= 11 is 0. The van der Waals surface area contributed by atoms with Crippen LogP contribution in [0.3, 0.4) is 0 Å². The van der Waals surface area contributed by atoms with Gasteiger partial charge in [0.25, 0.3) is 0 Å². The SMILES string of the molecule is CN1C2=C(CCC=C2)C(=O)CCc2ccccc21. The number of para-hydroxylation sites is 1. The van der Waals surface area contributed by atoms with Crippen LogP contribution in [-0.2, 0) is 11.2 Å². The first-order chi connectivity index (χ1) is 8.77. The van der Waals surface area contributed by atoms with Crippen LogP contribution < -0.4 is 4.90 Å². The number of carbonyl (C=O) groups excluding carboxylic acids is 1. The zero-order valence-corrected chi connectivity index (χ0v) is 10.6. The highest BCUT2D eigenvalue weighted by Crippen LogP contribution is 2.32. The molecular formula is C16H17NO. The average Bonchev–Trinajstić information content (AvgIpc) is 2.43. The summed E-state index contributed by atoms with van der Waals surface area (Å²) < 4.78 is 0. The molecule has 2 heteroatoms. The van der Waals surface area contributed by atoms with Gasteiger partial charge in [-0.25, -0.2) is 0 Å². The predicted molar refractivity (Wildman–Crippen MR) is 73.6 cm³/mol. The number of hydrogen-bond acceptors (Lipinski definition) is 2. The number of ketones is 1. The standard InChI is InChI=1S/C16H17NO/c1-17-14-8-4-2-6-12(14)10-11-16(18)13-7-3-5-9-15(13)17/h2,4-6,8-9H,3,7,10-11H2,1H3. The normalized spacial score (nSPS) is 19.2. The molecule has 0 fully saturated rings. The van der Waals surface area contributed by atoms with E-state index in [1.165, 1.54) is 11.3 Å². The Balaban J connectivity index is 2.15. The predicted octanol–water partition coefficient (Wildman–Crippen LogP) is 3.24. The molecule has 2 nitrogen and oxygen atoms in total. The van der Waals surface area contributed by atoms with Crippen LogP contribution in [0.5, 0.6) is 0 Å². The molecule has 0 saturated heterocycles. The van der Waals surface area contributed by atoms with Crippen molar-refractivity contribution in [3.8, 4) is 0 Å². The summed E-state index contributed by atoms with van der Waals surface area (Å²) in [6.07, 6.45) is 7.61. The van der Waals surface area contributed by atoms with E-state index in [4.69, 9.17) is 0 Å². The first-order valence-corrected chi connectivity index (χ1v) is 6.52. The number of anilines is 1. The summed E-state index contributed by atoms with van der Waals surface area (Å²) in [5, 5.41) is 0. The van der Waals surface area contributed by atoms with E-state index in [0.717, 1.165) is 30.5 Å². The number of likely N-dealkylation sites (N-methyl/N-ethyl adjacent to an activating group) is 1. The van der Waals surface area contributed by atoms with E-state index in [2.05, 4.69) is 42.3 Å². The molecule has 0 unspecified atom stereocenters. The van der Waals surface area contributed by atoms with Gasteiger partial charge >= 0.3 is 0 Å². The molecule has 18 heavy (non-hydrogen) atoms. The van der Waals surface area contributed by atoms with Crippen LogP contribution in [0.15, 0.2) is 47.7 Å². The van der Waals surface area contributed by atoms with Gasteiger partial charge in [0, 0.05) is 30.4 Å². The summed E-state index contributed by atoms with van der Waals surface area (Å²) in [6, 6.07) is 8.37. The van der Waals surface area contributed by atoms with E-state index >= 15 is 0 Å². The molecule has 1 aromatic rings. The number of rotatable bonds is 0. The molecule has 2 aliphatic rings. The highest BCUT2D eigenvalue weighted by Gasteiger charge is 2.23. The van der Waals surface area contributed by atoms with Gasteiger partial charge in [0.15, 0.2) is 5.78 Å². The van der Waals surface area contributed by atoms with Gasteiger partial charge in [0.05, 0.1) is 0 Å². The van der Waals surface area contributed by atoms with Crippen LogP contribution in [0, 0.1) is 0 Å². The number of benzene rings is 1. The second-order valence-electron chi connectivity index (χ2n) is 4.92. The maximum Gasteiger partial charge on any atom is 0.161 e. The fourth-order valence-electron chi connectivity index (χ4n) is 2.83. The Kier molecular flexibility index (Phi) is 2.78. The van der Waals surface area contributed by atoms with Crippen LogP contribution in [0.4, 0.5) is 5.69 Å². The summed E-state index contributed by atoms with van der Waals surface area (Å²) in [4.78, 5) is 14.4. The highest BCUT2D eigenvalue weighted by molar-refractivity contribution is 5.98. The van der Waals surface area contributed by atoms with Gasteiger partial charge in [-0.3, -0.25) is 4.79 Å². The maximum atomic E-state index is 12.2. The second kappa shape index (κ2) is 4.45. The van der Waals surface area contributed by atoms with Gasteiger partial charge in [-0.1, -0.05) is 24.3 Å². The fourth-order valence-corrected chi connectivity index (χ4v) is 2.83. The molecule has 0 saturated carbocycles. The summed E-state index contributed by atoms with van der Waals surface area (Å²) in [7, 11) is 2.06. The first kappa shape index (κ1) is 11.3. The van der Waals surface area contributed by atoms with Gasteiger partial charge < -0.3 is 4.90 Å². The maximum absolute atomic E-state index is 12.2. The molecule has 0 amide bonds. The summed E-state index contributed by atoms with van der Waals surface area (Å²) in [5.41, 5.74) is 4.58. The molecule has 1 aliphatic heterocycles. The molecular weight excluding hydrogens is 222 g/mol. The third-order valence-electron chi connectivity index (χ3n) is 3.82. The zero-order chi connectivity index (χ0) is 12.5. The fraction of sp³-hybridized carbons (Fsp3) is 0.312. The van der Waals surface area contributed by atoms with Crippen molar-refractivity contribution in [2.24, 2.45) is 0 Å². The number of fused-ring (bicyclic) bond motifs is 1. The van der Waals surface area contributed by atoms with E-state index in [9.17, 15) is 4.79 Å². The molecule has 0 radical (unpaired) electrons. The van der Waals surface area contributed by atoms with E-state index in [1.807, 2.05) is 6.07 Å². The van der Waals surface area contributed by atoms with E-state index in [-0.39, 0.29) is 0 Å². The van der Waals surface area contributed by atoms with Crippen molar-refractivity contribution >= 4 is 11.5 Å². The first-order valence-electron chi connectivity index (χ1n) is 6.52. The lowest BCUT2D eigenvalue weighted by Gasteiger charge is -2.29. The molecule has 92 valence electrons. The second-order valence-corrected chi connectivity index (χ2v) is 4.92. The molecule has 1 aliphatic carbocycles. The highest BCUT2D eigenvalue weighted by atomic mass is 16.1. The molecule has 0 bridgehead atoms. The number of aryl methyl sites for hydroxylation is 1. The summed E-state index contributed by atoms with van der Waals surface area (Å²) in [6.45, 7) is 0. The number of Topliss-reactive ketones (excluding diaryl/α,β-unsaturated/α-hetero) is 1. The Morgan fingerprint density at radius 3 is 2.83 bits per heavy atom. The van der Waals surface area contributed by atoms with Crippen LogP contribution in [0.25, 0.3) is 0 Å². The van der Waals surface area contributed by atoms with Crippen molar-refractivity contribution in [1.82, 2.24) is 0 Å². The van der Waals surface area contributed by atoms with Crippen LogP contribution in [-0.4, -0.2) is 12.8 Å². The van der Waals surface area contributed by atoms with Gasteiger partial charge in [-0.05, 0) is 37.0 Å². The number of allylic oxidation sites excluding steroid dienone is 3. The smallest absolute Gasteiger partial charge is 0.161 e. The van der Waals surface area contributed by atoms with Crippen molar-refractivity contribution in [2.75, 3.05) is 11.9 Å². The van der Waals surface area contributed by atoms with E-state index < -0.39 is 0 Å². The van der Waals surface area contributed by atoms with Crippen molar-refractivity contribution in [3.63, 3.8) is 0 Å². The summed E-state index contributed by atoms with van der Waals surface area (Å²) in [5.74, 6) is 0.315. The van der Waals surface area contributed by atoms with Crippen LogP contribution in [0.1, 0.15) is 24.8 Å². The minimum absolute atomic E-state index is 0.315. The quantitative estimate of drug-likeness (QED) is 0.692. The number of nitrogens with zero attached hydrogens (tertiary/aromatic N) is 1. The minimum Gasteiger partial charge on any atom is -0.344 e. The largest absolute Gasteiger partial charge is 0.344 e. The lowest BCUT2D eigenvalue weighted by Crippen LogP contribution is -2.25. The van der Waals surface area contributed by atoms with Crippen LogP contribution in [0.2, 0.25) is 0 Å². The lowest BCUT2D eigenvalue weighted by atomic mass is 9.91. The third-order valence-corrected chi connectivity index (χ3v) is 3.82. The molecule has 0 N–H and O–H groups in total. The molecule has 1 aromatic carbocycles. The van der Waals surface area contributed by atoms with E-state index in [1.54, 1.807) is 0 Å². The molecule has 0 spiro atoms. The Hall–Kier alpha value is -1.83. The third kappa shape index (κ3) is 1.78. The van der Waals surface area contributed by atoms with Crippen molar-refractivity contribution in [2.45, 2.75) is 25.7 Å². The topological polar surface area (TPSA) is 20.3 Å². The Labute approximate surface area is 108 Å². The van der Waals surface area contributed by atoms with Gasteiger partial charge in [-0.15, -0.1) is 0 Å².